The number of rotatable bonds is 39. The standard InChI is InChI=1S/C54H89N15O15/c1-27(2)21-33(56)45(76)68-43(29(5)6)52(83)69-44(30(7)71)53(84)64-37(17-18-41(72)73)49(80)62-35(15-10-11-19-55)48(79)67-40(26-70)51(82)63-36(16-12-20-59-54(57)58)47(78)66-39(23-31-24-60-34-14-9-8-13-32(31)34)50(81)65-38(22-28(3)4)46(77)61-25-42(74)75/h8-9,13-14,24,27-30,33,35-40,43-44,60,70-71H,10-12,15-23,25-26,55-56H2,1-7H3,(H,61,77)(H,62,80)(H,63,82)(H,64,84)(H,65,81)(H,66,78)(H,67,79)(H,68,76)(H,69,83)(H,72,73)(H,74,75)(H4,57,58,59)/t30-,33+,35+,36+,37+,38+,39+,40+,43+,44+/m1/s1. The van der Waals surface area contributed by atoms with Crippen LogP contribution in [0.25, 0.3) is 10.9 Å². The summed E-state index contributed by atoms with van der Waals surface area (Å²) in [6, 6.07) is -6.17. The number of aliphatic hydroxyl groups is 2. The van der Waals surface area contributed by atoms with Gasteiger partial charge in [0, 0.05) is 36.5 Å². The molecule has 10 atom stereocenters. The number of para-hydroxylation sites is 1. The lowest BCUT2D eigenvalue weighted by Crippen LogP contribution is -2.62. The molecular formula is C54H89N15O15. The number of aliphatic carboxylic acids is 2. The van der Waals surface area contributed by atoms with Gasteiger partial charge in [-0.25, -0.2) is 0 Å². The van der Waals surface area contributed by atoms with E-state index in [2.05, 4.69) is 57.8 Å². The number of carbonyl (C=O) groups excluding carboxylic acids is 9. The first-order valence-corrected chi connectivity index (χ1v) is 28.0. The van der Waals surface area contributed by atoms with Crippen LogP contribution in [-0.2, 0) is 59.2 Å². The molecule has 22 N–H and O–H groups in total. The molecule has 0 spiro atoms. The van der Waals surface area contributed by atoms with Crippen LogP contribution in [0.3, 0.4) is 0 Å². The molecule has 2 aromatic rings. The Balaban J connectivity index is 2.49. The number of guanidine groups is 1. The summed E-state index contributed by atoms with van der Waals surface area (Å²) < 4.78 is 0. The van der Waals surface area contributed by atoms with E-state index in [9.17, 15) is 73.2 Å². The molecule has 1 aromatic carbocycles. The van der Waals surface area contributed by atoms with E-state index in [4.69, 9.17) is 22.9 Å². The Hall–Kier alpha value is -7.96. The molecule has 1 aromatic heterocycles. The number of nitrogens with one attached hydrogen (secondary N) is 10. The minimum Gasteiger partial charge on any atom is -0.481 e. The molecule has 0 aliphatic heterocycles. The van der Waals surface area contributed by atoms with Gasteiger partial charge in [-0.2, -0.15) is 0 Å². The number of carbonyl (C=O) groups is 11. The van der Waals surface area contributed by atoms with Gasteiger partial charge >= 0.3 is 11.9 Å². The first kappa shape index (κ1) is 72.1. The molecule has 2 rings (SSSR count). The second-order valence-corrected chi connectivity index (χ2v) is 21.7. The van der Waals surface area contributed by atoms with Crippen LogP contribution in [0.2, 0.25) is 0 Å². The van der Waals surface area contributed by atoms with Crippen LogP contribution in [0.5, 0.6) is 0 Å². The number of hydrogen-bond donors (Lipinski definition) is 18. The quantitative estimate of drug-likeness (QED) is 0.0174. The van der Waals surface area contributed by atoms with Crippen LogP contribution >= 0.6 is 0 Å². The molecule has 0 radical (unpaired) electrons. The van der Waals surface area contributed by atoms with Gasteiger partial charge in [0.1, 0.15) is 54.9 Å². The van der Waals surface area contributed by atoms with Crippen LogP contribution in [0, 0.1) is 17.8 Å². The number of amides is 9. The zero-order valence-corrected chi connectivity index (χ0v) is 48.8. The highest BCUT2D eigenvalue weighted by Gasteiger charge is 2.37. The molecule has 30 nitrogen and oxygen atoms in total. The molecule has 0 bridgehead atoms. The van der Waals surface area contributed by atoms with Crippen molar-refractivity contribution in [2.24, 2.45) is 45.7 Å². The predicted molar refractivity (Wildman–Crippen MR) is 308 cm³/mol. The maximum Gasteiger partial charge on any atom is 0.322 e. The summed E-state index contributed by atoms with van der Waals surface area (Å²) in [6.45, 7) is 9.95. The lowest BCUT2D eigenvalue weighted by Gasteiger charge is -2.29. The third-order valence-corrected chi connectivity index (χ3v) is 13.1. The van der Waals surface area contributed by atoms with E-state index in [1.807, 2.05) is 13.8 Å². The number of hydrogen-bond acceptors (Lipinski definition) is 16. The average molecular weight is 1190 g/mol. The van der Waals surface area contributed by atoms with Crippen LogP contribution in [0.15, 0.2) is 35.5 Å². The number of carboxylic acid groups (broad SMARTS) is 2. The summed E-state index contributed by atoms with van der Waals surface area (Å²) >= 11 is 0. The summed E-state index contributed by atoms with van der Waals surface area (Å²) in [5.41, 5.74) is 24.0. The zero-order chi connectivity index (χ0) is 63.4. The van der Waals surface area contributed by atoms with Crippen molar-refractivity contribution in [1.82, 2.24) is 52.8 Å². The highest BCUT2D eigenvalue weighted by molar-refractivity contribution is 5.99. The molecule has 0 aliphatic rings. The van der Waals surface area contributed by atoms with Crippen LogP contribution in [0.1, 0.15) is 112 Å². The van der Waals surface area contributed by atoms with Crippen molar-refractivity contribution >= 4 is 82.0 Å². The average Bonchev–Trinajstić information content (AvgIpc) is 4.01. The molecule has 0 fully saturated rings. The topological polar surface area (TPSA) is 509 Å². The van der Waals surface area contributed by atoms with Crippen LogP contribution in [0.4, 0.5) is 0 Å². The van der Waals surface area contributed by atoms with E-state index in [-0.39, 0.29) is 69.4 Å². The van der Waals surface area contributed by atoms with E-state index >= 15 is 0 Å². The van der Waals surface area contributed by atoms with E-state index in [0.29, 0.717) is 29.3 Å². The Morgan fingerprint density at radius 3 is 1.61 bits per heavy atom. The maximum atomic E-state index is 14.4. The molecule has 0 saturated carbocycles. The zero-order valence-electron chi connectivity index (χ0n) is 48.8. The Kier molecular flexibility index (Phi) is 31.4. The third-order valence-electron chi connectivity index (χ3n) is 13.1. The maximum absolute atomic E-state index is 14.4. The number of unbranched alkanes of at least 4 members (excludes halogenated alkanes) is 1. The summed E-state index contributed by atoms with van der Waals surface area (Å²) in [4.78, 5) is 155. The number of nitrogens with zero attached hydrogens (tertiary/aromatic N) is 1. The summed E-state index contributed by atoms with van der Waals surface area (Å²) in [5, 5.41) is 62.9. The normalized spacial score (nSPS) is 14.9. The molecule has 30 heteroatoms. The van der Waals surface area contributed by atoms with E-state index < -0.39 is 157 Å². The number of aliphatic hydroxyl groups excluding tert-OH is 2. The largest absolute Gasteiger partial charge is 0.481 e. The fourth-order valence-electron chi connectivity index (χ4n) is 8.66. The molecule has 470 valence electrons. The second-order valence-electron chi connectivity index (χ2n) is 21.7. The summed E-state index contributed by atoms with van der Waals surface area (Å²) in [6.07, 6.45) is -0.819. The first-order valence-electron chi connectivity index (χ1n) is 28.0. The molecule has 0 saturated heterocycles. The number of fused-ring (bicyclic) bond motifs is 1. The van der Waals surface area contributed by atoms with Crippen molar-refractivity contribution in [3.05, 3.63) is 36.0 Å². The van der Waals surface area contributed by atoms with E-state index in [1.165, 1.54) is 0 Å². The van der Waals surface area contributed by atoms with Crippen molar-refractivity contribution < 1.29 is 73.2 Å². The number of aliphatic imine (C=N–C) groups is 1. The first-order chi connectivity index (χ1) is 39.5. The Labute approximate surface area is 487 Å². The molecule has 0 aliphatic carbocycles. The lowest BCUT2D eigenvalue weighted by molar-refractivity contribution is -0.139. The van der Waals surface area contributed by atoms with Crippen LogP contribution < -0.4 is 70.8 Å². The van der Waals surface area contributed by atoms with Gasteiger partial charge < -0.3 is 96.2 Å². The fourth-order valence-corrected chi connectivity index (χ4v) is 8.66. The number of nitrogens with two attached hydrogens (primary N) is 4. The molecule has 9 amide bonds. The van der Waals surface area contributed by atoms with Crippen molar-refractivity contribution in [3.8, 4) is 0 Å². The number of benzene rings is 1. The lowest BCUT2D eigenvalue weighted by atomic mass is 9.99. The fraction of sp³-hybridized carbons (Fsp3) is 0.630. The van der Waals surface area contributed by atoms with Gasteiger partial charge in [0.15, 0.2) is 5.96 Å². The molecule has 84 heavy (non-hydrogen) atoms. The SMILES string of the molecule is CC(C)C[C@H](NC(=O)[C@H](Cc1c[nH]c2ccccc12)NC(=O)[C@H](CCCN=C(N)N)NC(=O)[C@H](CO)NC(=O)[C@H](CCCCN)NC(=O)[C@H](CCC(=O)O)NC(=O)[C@@H](NC(=O)[C@@H](NC(=O)[C@@H](N)CC(C)C)C(C)C)[C@@H](C)O)C(=O)NCC(=O)O. The van der Waals surface area contributed by atoms with Gasteiger partial charge in [0.2, 0.25) is 53.2 Å². The number of carboxylic acids is 2. The minimum absolute atomic E-state index is 0.0390. The number of aromatic amines is 1. The van der Waals surface area contributed by atoms with Gasteiger partial charge in [0.05, 0.1) is 18.8 Å². The Morgan fingerprint density at radius 2 is 1.07 bits per heavy atom. The van der Waals surface area contributed by atoms with Crippen molar-refractivity contribution in [3.63, 3.8) is 0 Å². The third kappa shape index (κ3) is 25.7. The monoisotopic (exact) mass is 1190 g/mol. The highest BCUT2D eigenvalue weighted by Crippen LogP contribution is 2.20. The summed E-state index contributed by atoms with van der Waals surface area (Å²) in [7, 11) is 0. The molecule has 0 unspecified atom stereocenters. The van der Waals surface area contributed by atoms with Gasteiger partial charge in [0.25, 0.3) is 0 Å². The van der Waals surface area contributed by atoms with E-state index in [0.717, 1.165) is 6.92 Å². The predicted octanol–water partition coefficient (Wildman–Crippen LogP) is -3.71. The van der Waals surface area contributed by atoms with Crippen molar-refractivity contribution in [2.45, 2.75) is 173 Å². The molecular weight excluding hydrogens is 1100 g/mol. The van der Waals surface area contributed by atoms with Crippen molar-refractivity contribution in [2.75, 3.05) is 26.2 Å². The Bertz CT molecular complexity index is 2570. The second kappa shape index (κ2) is 36.6. The number of aromatic nitrogens is 1. The smallest absolute Gasteiger partial charge is 0.322 e. The van der Waals surface area contributed by atoms with Gasteiger partial charge in [-0.1, -0.05) is 59.7 Å². The summed E-state index contributed by atoms with van der Waals surface area (Å²) in [5.74, 6) is -12.2. The van der Waals surface area contributed by atoms with Crippen molar-refractivity contribution in [1.29, 1.82) is 0 Å². The van der Waals surface area contributed by atoms with Gasteiger partial charge in [-0.3, -0.25) is 57.7 Å². The van der Waals surface area contributed by atoms with Crippen LogP contribution in [-0.4, -0.2) is 183 Å². The van der Waals surface area contributed by atoms with Gasteiger partial charge in [-0.15, -0.1) is 0 Å². The van der Waals surface area contributed by atoms with E-state index in [1.54, 1.807) is 58.2 Å². The van der Waals surface area contributed by atoms with Gasteiger partial charge in [-0.05, 0) is 94.2 Å². The number of H-pyrrole nitrogens is 1. The molecule has 1 heterocycles. The Morgan fingerprint density at radius 1 is 0.571 bits per heavy atom. The highest BCUT2D eigenvalue weighted by atomic mass is 16.4. The minimum atomic E-state index is -1.82.